The summed E-state index contributed by atoms with van der Waals surface area (Å²) in [7, 11) is 0. The highest BCUT2D eigenvalue weighted by Gasteiger charge is 2.31. The highest BCUT2D eigenvalue weighted by molar-refractivity contribution is 5.96. The molecular weight excluding hydrogens is 279 g/mol. The summed E-state index contributed by atoms with van der Waals surface area (Å²) in [6.45, 7) is 1.05. The Hall–Kier alpha value is -2.86. The lowest BCUT2D eigenvalue weighted by atomic mass is 10.1. The van der Waals surface area contributed by atoms with Gasteiger partial charge >= 0.3 is 0 Å². The van der Waals surface area contributed by atoms with Crippen molar-refractivity contribution in [2.75, 3.05) is 5.32 Å². The minimum absolute atomic E-state index is 0.0354. The molecule has 0 aliphatic carbocycles. The van der Waals surface area contributed by atoms with Gasteiger partial charge in [-0.3, -0.25) is 9.48 Å². The summed E-state index contributed by atoms with van der Waals surface area (Å²) < 4.78 is 13.9. The Bertz CT molecular complexity index is 689. The maximum atomic E-state index is 12.8. The number of aliphatic hydroxyl groups is 1. The van der Waals surface area contributed by atoms with E-state index in [1.54, 1.807) is 6.07 Å². The van der Waals surface area contributed by atoms with Crippen molar-refractivity contribution in [1.82, 2.24) is 19.7 Å². The molecule has 0 radical (unpaired) electrons. The van der Waals surface area contributed by atoms with E-state index in [0.29, 0.717) is 0 Å². The van der Waals surface area contributed by atoms with Crippen molar-refractivity contribution in [2.45, 2.75) is 19.1 Å². The van der Waals surface area contributed by atoms with Gasteiger partial charge in [-0.15, -0.1) is 0 Å². The Balaban J connectivity index is 2.05. The fourth-order valence-electron chi connectivity index (χ4n) is 1.53. The van der Waals surface area contributed by atoms with Gasteiger partial charge in [0.1, 0.15) is 6.07 Å². The lowest BCUT2D eigenvalue weighted by Crippen LogP contribution is -2.43. The lowest BCUT2D eigenvalue weighted by Gasteiger charge is -2.21. The number of nitrogens with zero attached hydrogens (tertiary/aromatic N) is 5. The fraction of sp³-hybridized carbons (Fsp3) is 0.250. The van der Waals surface area contributed by atoms with E-state index in [1.165, 1.54) is 19.3 Å². The molecule has 1 atom stereocenters. The van der Waals surface area contributed by atoms with E-state index in [-0.39, 0.29) is 18.1 Å². The predicted octanol–water partition coefficient (Wildman–Crippen LogP) is 0.0736. The number of anilines is 1. The van der Waals surface area contributed by atoms with Crippen LogP contribution >= 0.6 is 0 Å². The van der Waals surface area contributed by atoms with Gasteiger partial charge in [-0.25, -0.2) is 14.4 Å². The van der Waals surface area contributed by atoms with Gasteiger partial charge in [0.05, 0.1) is 37.0 Å². The third-order valence-corrected chi connectivity index (χ3v) is 2.57. The standard InChI is InChI=1S/C12H11FN6O2/c1-12(21,7-19-6-8(13)3-17-19)11(20)18-9-4-15-10(2-14)16-5-9/h3-6,21H,7H2,1H3,(H,18,20)/t12-/m0/s1. The molecule has 1 amide bonds. The van der Waals surface area contributed by atoms with Crippen LogP contribution in [0, 0.1) is 17.1 Å². The van der Waals surface area contributed by atoms with E-state index in [2.05, 4.69) is 20.4 Å². The number of nitriles is 1. The molecule has 0 fully saturated rings. The van der Waals surface area contributed by atoms with E-state index >= 15 is 0 Å². The summed E-state index contributed by atoms with van der Waals surface area (Å²) >= 11 is 0. The highest BCUT2D eigenvalue weighted by Crippen LogP contribution is 2.12. The molecule has 8 nitrogen and oxygen atoms in total. The van der Waals surface area contributed by atoms with Gasteiger partial charge in [0.2, 0.25) is 5.82 Å². The van der Waals surface area contributed by atoms with Crippen molar-refractivity contribution < 1.29 is 14.3 Å². The number of rotatable bonds is 4. The summed E-state index contributed by atoms with van der Waals surface area (Å²) in [6.07, 6.45) is 4.52. The van der Waals surface area contributed by atoms with E-state index in [1.807, 2.05) is 0 Å². The van der Waals surface area contributed by atoms with Crippen LogP contribution in [0.1, 0.15) is 12.7 Å². The van der Waals surface area contributed by atoms with Crippen LogP contribution in [0.15, 0.2) is 24.8 Å². The predicted molar refractivity (Wildman–Crippen MR) is 68.2 cm³/mol. The summed E-state index contributed by atoms with van der Waals surface area (Å²) in [6, 6.07) is 1.74. The Morgan fingerprint density at radius 2 is 2.19 bits per heavy atom. The normalized spacial score (nSPS) is 13.2. The molecular formula is C12H11FN6O2. The maximum absolute atomic E-state index is 12.8. The fourth-order valence-corrected chi connectivity index (χ4v) is 1.53. The van der Waals surface area contributed by atoms with Crippen LogP contribution in [0.25, 0.3) is 0 Å². The quantitative estimate of drug-likeness (QED) is 0.823. The zero-order valence-electron chi connectivity index (χ0n) is 11.0. The molecule has 0 saturated heterocycles. The second kappa shape index (κ2) is 5.64. The molecule has 0 aliphatic heterocycles. The number of amides is 1. The van der Waals surface area contributed by atoms with Crippen LogP contribution in [-0.4, -0.2) is 36.4 Å². The van der Waals surface area contributed by atoms with Gasteiger partial charge in [-0.05, 0) is 6.92 Å². The average Bonchev–Trinajstić information content (AvgIpc) is 2.84. The Morgan fingerprint density at radius 1 is 1.52 bits per heavy atom. The molecule has 2 aromatic rings. The maximum Gasteiger partial charge on any atom is 0.258 e. The Morgan fingerprint density at radius 3 is 2.71 bits per heavy atom. The number of hydrogen-bond acceptors (Lipinski definition) is 6. The molecule has 21 heavy (non-hydrogen) atoms. The van der Waals surface area contributed by atoms with E-state index in [0.717, 1.165) is 17.1 Å². The molecule has 2 aromatic heterocycles. The first-order chi connectivity index (χ1) is 9.90. The zero-order chi connectivity index (χ0) is 15.5. The lowest BCUT2D eigenvalue weighted by molar-refractivity contribution is -0.133. The first-order valence-corrected chi connectivity index (χ1v) is 5.84. The van der Waals surface area contributed by atoms with E-state index < -0.39 is 17.3 Å². The van der Waals surface area contributed by atoms with E-state index in [9.17, 15) is 14.3 Å². The Labute approximate surface area is 118 Å². The Kier molecular flexibility index (Phi) is 3.91. The molecule has 2 heterocycles. The molecule has 0 spiro atoms. The zero-order valence-corrected chi connectivity index (χ0v) is 11.0. The SMILES string of the molecule is C[C@](O)(Cn1cc(F)cn1)C(=O)Nc1cnc(C#N)nc1. The summed E-state index contributed by atoms with van der Waals surface area (Å²) in [5.41, 5.74) is -1.59. The molecule has 0 aromatic carbocycles. The van der Waals surface area contributed by atoms with Gasteiger partial charge in [0.15, 0.2) is 11.4 Å². The van der Waals surface area contributed by atoms with Crippen LogP contribution in [0.4, 0.5) is 10.1 Å². The van der Waals surface area contributed by atoms with Crippen molar-refractivity contribution in [3.05, 3.63) is 36.4 Å². The minimum atomic E-state index is -1.81. The third kappa shape index (κ3) is 3.58. The first kappa shape index (κ1) is 14.5. The third-order valence-electron chi connectivity index (χ3n) is 2.57. The number of aromatic nitrogens is 4. The van der Waals surface area contributed by atoms with E-state index in [4.69, 9.17) is 5.26 Å². The van der Waals surface area contributed by atoms with Crippen LogP contribution < -0.4 is 5.32 Å². The monoisotopic (exact) mass is 290 g/mol. The largest absolute Gasteiger partial charge is 0.378 e. The highest BCUT2D eigenvalue weighted by atomic mass is 19.1. The number of nitrogens with one attached hydrogen (secondary N) is 1. The minimum Gasteiger partial charge on any atom is -0.378 e. The van der Waals surface area contributed by atoms with Crippen molar-refractivity contribution in [2.24, 2.45) is 0 Å². The van der Waals surface area contributed by atoms with Crippen LogP contribution in [-0.2, 0) is 11.3 Å². The van der Waals surface area contributed by atoms with Crippen molar-refractivity contribution >= 4 is 11.6 Å². The molecule has 0 unspecified atom stereocenters. The molecule has 0 aliphatic rings. The first-order valence-electron chi connectivity index (χ1n) is 5.84. The van der Waals surface area contributed by atoms with Gasteiger partial charge in [0, 0.05) is 0 Å². The van der Waals surface area contributed by atoms with Crippen LogP contribution in [0.2, 0.25) is 0 Å². The van der Waals surface area contributed by atoms with Gasteiger partial charge < -0.3 is 10.4 Å². The molecule has 0 bridgehead atoms. The number of carbonyl (C=O) groups is 1. The smallest absolute Gasteiger partial charge is 0.258 e. The van der Waals surface area contributed by atoms with Crippen molar-refractivity contribution in [3.63, 3.8) is 0 Å². The summed E-state index contributed by atoms with van der Waals surface area (Å²) in [4.78, 5) is 19.4. The summed E-state index contributed by atoms with van der Waals surface area (Å²) in [5, 5.41) is 24.7. The second-order valence-electron chi connectivity index (χ2n) is 4.49. The van der Waals surface area contributed by atoms with Crippen LogP contribution in [0.3, 0.4) is 0 Å². The average molecular weight is 290 g/mol. The van der Waals surface area contributed by atoms with Gasteiger partial charge in [0.25, 0.3) is 5.91 Å². The number of halogens is 1. The second-order valence-corrected chi connectivity index (χ2v) is 4.49. The summed E-state index contributed by atoms with van der Waals surface area (Å²) in [5.74, 6) is -1.33. The van der Waals surface area contributed by atoms with Gasteiger partial charge in [-0.2, -0.15) is 10.4 Å². The molecule has 2 rings (SSSR count). The van der Waals surface area contributed by atoms with Crippen molar-refractivity contribution in [1.29, 1.82) is 5.26 Å². The van der Waals surface area contributed by atoms with Crippen molar-refractivity contribution in [3.8, 4) is 6.07 Å². The molecule has 108 valence electrons. The number of carbonyl (C=O) groups excluding carboxylic acids is 1. The molecule has 2 N–H and O–H groups in total. The van der Waals surface area contributed by atoms with Gasteiger partial charge in [-0.1, -0.05) is 0 Å². The molecule has 0 saturated carbocycles. The number of hydrogen-bond donors (Lipinski definition) is 2. The molecule has 9 heteroatoms. The van der Waals surface area contributed by atoms with Crippen LogP contribution in [0.5, 0.6) is 0 Å². The topological polar surface area (TPSA) is 117 Å².